The van der Waals surface area contributed by atoms with Gasteiger partial charge < -0.3 is 5.32 Å². The van der Waals surface area contributed by atoms with Gasteiger partial charge in [0.1, 0.15) is 12.1 Å². The summed E-state index contributed by atoms with van der Waals surface area (Å²) in [5.41, 5.74) is 7.29. The molecule has 1 aliphatic rings. The van der Waals surface area contributed by atoms with E-state index in [1.54, 1.807) is 0 Å². The molecule has 1 N–H and O–H groups in total. The van der Waals surface area contributed by atoms with E-state index in [-0.39, 0.29) is 12.5 Å². The highest BCUT2D eigenvalue weighted by Crippen LogP contribution is 2.28. The summed E-state index contributed by atoms with van der Waals surface area (Å²) in [7, 11) is 0. The molecule has 0 unspecified atom stereocenters. The third-order valence-corrected chi connectivity index (χ3v) is 2.33. The molecule has 1 saturated carbocycles. The van der Waals surface area contributed by atoms with Crippen molar-refractivity contribution in [2.45, 2.75) is 31.2 Å². The molecule has 0 saturated heterocycles. The Bertz CT molecular complexity index is 306. The van der Waals surface area contributed by atoms with Gasteiger partial charge in [-0.05, 0) is 31.2 Å². The Hall–Kier alpha value is -1.73. The molecule has 0 spiro atoms. The Morgan fingerprint density at radius 1 is 1.64 bits per heavy atom. The number of carbonyl (C=O) groups is 1. The Balaban J connectivity index is 2.53. The van der Waals surface area contributed by atoms with Crippen LogP contribution in [-0.4, -0.2) is 18.0 Å². The Kier molecular flexibility index (Phi) is 3.32. The van der Waals surface area contributed by atoms with Gasteiger partial charge in [-0.15, -0.1) is 0 Å². The molecule has 6 nitrogen and oxygen atoms in total. The fourth-order valence-electron chi connectivity index (χ4n) is 1.65. The number of nitrogens with one attached hydrogen (secondary N) is 1. The number of nitrogens with zero attached hydrogens (tertiary/aromatic N) is 4. The first-order valence-corrected chi connectivity index (χ1v) is 4.45. The molecule has 0 radical (unpaired) electrons. The minimum absolute atomic E-state index is 0.236. The van der Waals surface area contributed by atoms with E-state index in [2.05, 4.69) is 21.4 Å². The lowest BCUT2D eigenvalue weighted by Gasteiger charge is -2.21. The number of carbonyl (C=O) groups excluding carboxylic acids is 1. The average Bonchev–Trinajstić information content (AvgIpc) is 2.64. The zero-order valence-electron chi connectivity index (χ0n) is 7.73. The van der Waals surface area contributed by atoms with E-state index in [1.165, 1.54) is 0 Å². The number of azide groups is 1. The van der Waals surface area contributed by atoms with Crippen LogP contribution in [0.3, 0.4) is 0 Å². The maximum absolute atomic E-state index is 11.2. The highest BCUT2D eigenvalue weighted by atomic mass is 16.2. The highest BCUT2D eigenvalue weighted by molar-refractivity contribution is 5.79. The van der Waals surface area contributed by atoms with Crippen molar-refractivity contribution in [1.29, 1.82) is 5.26 Å². The molecule has 1 rings (SSSR count). The fourth-order valence-corrected chi connectivity index (χ4v) is 1.65. The van der Waals surface area contributed by atoms with Crippen LogP contribution >= 0.6 is 0 Å². The number of hydrogen-bond donors (Lipinski definition) is 1. The van der Waals surface area contributed by atoms with Crippen molar-refractivity contribution in [1.82, 2.24) is 5.32 Å². The fraction of sp³-hybridized carbons (Fsp3) is 0.750. The first-order valence-electron chi connectivity index (χ1n) is 4.45. The van der Waals surface area contributed by atoms with Crippen LogP contribution in [0.1, 0.15) is 25.7 Å². The molecule has 6 heteroatoms. The van der Waals surface area contributed by atoms with Crippen LogP contribution in [0, 0.1) is 11.3 Å². The van der Waals surface area contributed by atoms with Gasteiger partial charge in [-0.25, -0.2) is 0 Å². The third-order valence-electron chi connectivity index (χ3n) is 2.33. The van der Waals surface area contributed by atoms with Crippen LogP contribution < -0.4 is 5.32 Å². The van der Waals surface area contributed by atoms with Gasteiger partial charge in [0.15, 0.2) is 0 Å². The predicted molar refractivity (Wildman–Crippen MR) is 49.0 cm³/mol. The van der Waals surface area contributed by atoms with Crippen molar-refractivity contribution in [3.8, 4) is 6.07 Å². The highest BCUT2D eigenvalue weighted by Gasteiger charge is 2.34. The van der Waals surface area contributed by atoms with Gasteiger partial charge in [-0.2, -0.15) is 5.26 Å². The summed E-state index contributed by atoms with van der Waals surface area (Å²) in [6.07, 6.45) is 3.28. The Labute approximate surface area is 81.5 Å². The number of rotatable bonds is 3. The molecule has 14 heavy (non-hydrogen) atoms. The molecular formula is C8H11N5O. The van der Waals surface area contributed by atoms with E-state index in [0.29, 0.717) is 12.8 Å². The summed E-state index contributed by atoms with van der Waals surface area (Å²) in [5, 5.41) is 14.7. The van der Waals surface area contributed by atoms with E-state index in [4.69, 9.17) is 10.8 Å². The SMILES string of the molecule is N#CC1(NC(=O)CN=[N+]=[N-])CCCC1. The van der Waals surface area contributed by atoms with Gasteiger partial charge in [0.2, 0.25) is 5.91 Å². The molecule has 0 aromatic carbocycles. The monoisotopic (exact) mass is 193 g/mol. The standard InChI is InChI=1S/C8H11N5O/c9-6-8(3-1-2-4-8)12-7(14)5-11-13-10/h1-5H2,(H,12,14). The zero-order chi connectivity index (χ0) is 10.4. The third kappa shape index (κ3) is 2.38. The second kappa shape index (κ2) is 4.49. The van der Waals surface area contributed by atoms with Gasteiger partial charge in [-0.3, -0.25) is 4.79 Å². The molecule has 74 valence electrons. The predicted octanol–water partition coefficient (Wildman–Crippen LogP) is 1.25. The molecule has 1 aliphatic carbocycles. The Morgan fingerprint density at radius 3 is 2.79 bits per heavy atom. The van der Waals surface area contributed by atoms with Crippen LogP contribution in [0.2, 0.25) is 0 Å². The summed E-state index contributed by atoms with van der Waals surface area (Å²) >= 11 is 0. The summed E-state index contributed by atoms with van der Waals surface area (Å²) in [5.74, 6) is -0.383. The van der Waals surface area contributed by atoms with Crippen molar-refractivity contribution in [3.05, 3.63) is 10.4 Å². The second-order valence-corrected chi connectivity index (χ2v) is 3.34. The van der Waals surface area contributed by atoms with Crippen molar-refractivity contribution in [2.75, 3.05) is 6.54 Å². The normalized spacial score (nSPS) is 17.9. The molecule has 0 atom stereocenters. The Morgan fingerprint density at radius 2 is 2.29 bits per heavy atom. The van der Waals surface area contributed by atoms with Gasteiger partial charge in [-0.1, -0.05) is 5.11 Å². The smallest absolute Gasteiger partial charge is 0.227 e. The van der Waals surface area contributed by atoms with E-state index in [1.807, 2.05) is 0 Å². The zero-order valence-corrected chi connectivity index (χ0v) is 7.73. The molecule has 1 fully saturated rings. The minimum atomic E-state index is -0.720. The van der Waals surface area contributed by atoms with E-state index >= 15 is 0 Å². The van der Waals surface area contributed by atoms with E-state index in [0.717, 1.165) is 12.8 Å². The molecule has 0 aromatic heterocycles. The van der Waals surface area contributed by atoms with Crippen LogP contribution in [0.25, 0.3) is 10.4 Å². The lowest BCUT2D eigenvalue weighted by Crippen LogP contribution is -2.46. The van der Waals surface area contributed by atoms with Gasteiger partial charge in [0, 0.05) is 4.91 Å². The molecule has 1 amide bonds. The van der Waals surface area contributed by atoms with E-state index in [9.17, 15) is 4.79 Å². The summed E-state index contributed by atoms with van der Waals surface area (Å²) in [6.45, 7) is -0.236. The quantitative estimate of drug-likeness (QED) is 0.414. The minimum Gasteiger partial charge on any atom is -0.338 e. The first-order chi connectivity index (χ1) is 6.72. The topological polar surface area (TPSA) is 102 Å². The van der Waals surface area contributed by atoms with Crippen LogP contribution in [0.5, 0.6) is 0 Å². The summed E-state index contributed by atoms with van der Waals surface area (Å²) < 4.78 is 0. The summed E-state index contributed by atoms with van der Waals surface area (Å²) in [4.78, 5) is 13.7. The van der Waals surface area contributed by atoms with Gasteiger partial charge >= 0.3 is 0 Å². The van der Waals surface area contributed by atoms with Crippen LogP contribution in [-0.2, 0) is 4.79 Å². The van der Waals surface area contributed by atoms with Crippen molar-refractivity contribution < 1.29 is 4.79 Å². The molecular weight excluding hydrogens is 182 g/mol. The number of hydrogen-bond acceptors (Lipinski definition) is 3. The maximum Gasteiger partial charge on any atom is 0.227 e. The largest absolute Gasteiger partial charge is 0.338 e. The number of nitriles is 1. The van der Waals surface area contributed by atoms with E-state index < -0.39 is 5.54 Å². The summed E-state index contributed by atoms with van der Waals surface area (Å²) in [6, 6.07) is 2.12. The molecule has 0 bridgehead atoms. The lowest BCUT2D eigenvalue weighted by atomic mass is 10.00. The average molecular weight is 193 g/mol. The van der Waals surface area contributed by atoms with Crippen molar-refractivity contribution in [2.24, 2.45) is 5.11 Å². The van der Waals surface area contributed by atoms with Crippen LogP contribution in [0.4, 0.5) is 0 Å². The maximum atomic E-state index is 11.2. The van der Waals surface area contributed by atoms with Gasteiger partial charge in [0.05, 0.1) is 6.07 Å². The van der Waals surface area contributed by atoms with Gasteiger partial charge in [0.25, 0.3) is 0 Å². The van der Waals surface area contributed by atoms with Crippen molar-refractivity contribution >= 4 is 5.91 Å². The molecule has 0 aliphatic heterocycles. The lowest BCUT2D eigenvalue weighted by molar-refractivity contribution is -0.121. The first kappa shape index (κ1) is 10.4. The number of amides is 1. The van der Waals surface area contributed by atoms with Crippen LogP contribution in [0.15, 0.2) is 5.11 Å². The molecule has 0 aromatic rings. The molecule has 0 heterocycles. The van der Waals surface area contributed by atoms with Crippen molar-refractivity contribution in [3.63, 3.8) is 0 Å². The second-order valence-electron chi connectivity index (χ2n) is 3.34.